The molecular formula is C37H51ClN6O7. The zero-order valence-electron chi connectivity index (χ0n) is 30.2. The van der Waals surface area contributed by atoms with E-state index in [2.05, 4.69) is 21.4 Å². The third kappa shape index (κ3) is 9.48. The van der Waals surface area contributed by atoms with Gasteiger partial charge in [0.2, 0.25) is 29.4 Å². The van der Waals surface area contributed by atoms with Crippen LogP contribution in [0.25, 0.3) is 5.70 Å². The number of rotatable bonds is 12. The van der Waals surface area contributed by atoms with Crippen LogP contribution in [0, 0.1) is 11.3 Å². The monoisotopic (exact) mass is 726 g/mol. The lowest BCUT2D eigenvalue weighted by Crippen LogP contribution is -2.59. The van der Waals surface area contributed by atoms with E-state index in [9.17, 15) is 28.8 Å². The molecular weight excluding hydrogens is 676 g/mol. The first-order valence-corrected chi connectivity index (χ1v) is 18.4. The predicted molar refractivity (Wildman–Crippen MR) is 190 cm³/mol. The molecule has 5 amide bonds. The Kier molecular flexibility index (Phi) is 11.8. The van der Waals surface area contributed by atoms with Gasteiger partial charge in [0.15, 0.2) is 0 Å². The number of hydroxylamine groups is 1. The molecule has 4 N–H and O–H groups in total. The van der Waals surface area contributed by atoms with Gasteiger partial charge in [-0.2, -0.15) is 0 Å². The van der Waals surface area contributed by atoms with E-state index in [0.717, 1.165) is 18.4 Å². The number of nitrogens with one attached hydrogen (secondary N) is 4. The van der Waals surface area contributed by atoms with Crippen LogP contribution >= 0.6 is 11.6 Å². The summed E-state index contributed by atoms with van der Waals surface area (Å²) in [7, 11) is 0. The maximum atomic E-state index is 14.6. The minimum absolute atomic E-state index is 0.0124. The smallest absolute Gasteiger partial charge is 0.289 e. The number of nitrogens with zero attached hydrogens (tertiary/aromatic N) is 2. The fourth-order valence-corrected chi connectivity index (χ4v) is 7.23. The Labute approximate surface area is 304 Å². The number of carbonyl (C=O) groups excluding carboxylic acids is 6. The molecule has 4 aliphatic rings. The summed E-state index contributed by atoms with van der Waals surface area (Å²) in [5, 5.41) is 9.00. The van der Waals surface area contributed by atoms with Crippen LogP contribution in [0.15, 0.2) is 30.3 Å². The van der Waals surface area contributed by atoms with E-state index >= 15 is 0 Å². The van der Waals surface area contributed by atoms with Gasteiger partial charge in [0.05, 0.1) is 18.3 Å². The number of carbonyl (C=O) groups is 6. The summed E-state index contributed by atoms with van der Waals surface area (Å²) in [6.07, 6.45) is 5.90. The van der Waals surface area contributed by atoms with Crippen LogP contribution in [-0.4, -0.2) is 94.5 Å². The molecule has 0 unspecified atom stereocenters. The van der Waals surface area contributed by atoms with Gasteiger partial charge in [-0.15, -0.1) is 0 Å². The Hall–Kier alpha value is -3.97. The zero-order valence-corrected chi connectivity index (χ0v) is 30.9. The molecule has 0 aromatic heterocycles. The summed E-state index contributed by atoms with van der Waals surface area (Å²) in [5.74, 6) is -2.69. The van der Waals surface area contributed by atoms with Crippen molar-refractivity contribution in [3.63, 3.8) is 0 Å². The average Bonchev–Trinajstić information content (AvgIpc) is 3.67. The highest BCUT2D eigenvalue weighted by Crippen LogP contribution is 2.39. The Bertz CT molecular complexity index is 1560. The van der Waals surface area contributed by atoms with Crippen LogP contribution < -0.4 is 21.4 Å². The molecule has 5 rings (SSSR count). The van der Waals surface area contributed by atoms with Crippen molar-refractivity contribution in [2.45, 2.75) is 116 Å². The van der Waals surface area contributed by atoms with Crippen LogP contribution in [0.5, 0.6) is 0 Å². The fourth-order valence-electron chi connectivity index (χ4n) is 7.04. The largest absolute Gasteiger partial charge is 0.347 e. The molecule has 0 bridgehead atoms. The van der Waals surface area contributed by atoms with Gasteiger partial charge in [0.25, 0.3) is 5.91 Å². The zero-order chi connectivity index (χ0) is 37.1. The lowest BCUT2D eigenvalue weighted by atomic mass is 9.85. The van der Waals surface area contributed by atoms with Crippen LogP contribution in [-0.2, 0) is 33.6 Å². The van der Waals surface area contributed by atoms with Crippen molar-refractivity contribution in [2.75, 3.05) is 19.6 Å². The van der Waals surface area contributed by atoms with E-state index < -0.39 is 52.6 Å². The quantitative estimate of drug-likeness (QED) is 0.239. The molecule has 1 saturated carbocycles. The number of amides is 5. The van der Waals surface area contributed by atoms with E-state index in [-0.39, 0.29) is 49.6 Å². The van der Waals surface area contributed by atoms with Gasteiger partial charge in [-0.25, -0.2) is 0 Å². The van der Waals surface area contributed by atoms with Crippen molar-refractivity contribution >= 4 is 52.6 Å². The molecule has 1 aromatic rings. The Balaban J connectivity index is 1.38. The van der Waals surface area contributed by atoms with Crippen molar-refractivity contribution in [1.29, 1.82) is 0 Å². The molecule has 3 fully saturated rings. The summed E-state index contributed by atoms with van der Waals surface area (Å²) in [6.45, 7) is 10.1. The van der Waals surface area contributed by atoms with E-state index in [1.807, 2.05) is 39.8 Å². The number of halogens is 1. The summed E-state index contributed by atoms with van der Waals surface area (Å²) in [4.78, 5) is 89.2. The number of hydrogen-bond acceptors (Lipinski definition) is 8. The van der Waals surface area contributed by atoms with E-state index in [0.29, 0.717) is 43.1 Å². The molecule has 3 aliphatic heterocycles. The van der Waals surface area contributed by atoms with Gasteiger partial charge in [-0.1, -0.05) is 57.8 Å². The highest BCUT2D eigenvalue weighted by atomic mass is 35.5. The molecule has 1 aliphatic carbocycles. The molecule has 0 radical (unpaired) electrons. The van der Waals surface area contributed by atoms with Crippen molar-refractivity contribution in [2.24, 2.45) is 11.3 Å². The normalized spacial score (nSPS) is 23.3. The first kappa shape index (κ1) is 38.3. The molecule has 1 spiro atoms. The van der Waals surface area contributed by atoms with Gasteiger partial charge in [0, 0.05) is 49.5 Å². The van der Waals surface area contributed by atoms with Crippen LogP contribution in [0.4, 0.5) is 0 Å². The standard InChI is InChI=1S/C37H51ClN6O7/c1-6-8-27(31(47)34(49)39-26-11-12-26)40-33(48)29-20-37(19-28(42-51-37)24-9-7-10-25(38)18-24)21-44(29)35(50)32(36(3,4)5)41-30(46)17-23-13-15-43(16-14-23)22(2)45/h7,9-10,18-19,23,26-27,29,32,42H,6,8,11-17,20-21H2,1-5H3,(H,39,49)(H,40,48)(H,41,46)/t27-,29-,32+,37+/m0/s1. The fraction of sp³-hybridized carbons (Fsp3) is 0.622. The number of ketones is 1. The first-order chi connectivity index (χ1) is 24.1. The van der Waals surface area contributed by atoms with Gasteiger partial charge in [-0.05, 0) is 61.6 Å². The second kappa shape index (κ2) is 15.7. The summed E-state index contributed by atoms with van der Waals surface area (Å²) in [6, 6.07) is 4.03. The molecule has 2 saturated heterocycles. The number of hydrogen-bond donors (Lipinski definition) is 4. The minimum Gasteiger partial charge on any atom is -0.347 e. The minimum atomic E-state index is -1.11. The van der Waals surface area contributed by atoms with Gasteiger partial charge in [-0.3, -0.25) is 39.1 Å². The van der Waals surface area contributed by atoms with Crippen molar-refractivity contribution in [3.05, 3.63) is 40.9 Å². The van der Waals surface area contributed by atoms with Gasteiger partial charge in [0.1, 0.15) is 17.7 Å². The van der Waals surface area contributed by atoms with Crippen LogP contribution in [0.3, 0.4) is 0 Å². The highest BCUT2D eigenvalue weighted by molar-refractivity contribution is 6.38. The summed E-state index contributed by atoms with van der Waals surface area (Å²) >= 11 is 6.25. The lowest BCUT2D eigenvalue weighted by molar-refractivity contribution is -0.145. The van der Waals surface area contributed by atoms with E-state index in [1.54, 1.807) is 23.1 Å². The van der Waals surface area contributed by atoms with Gasteiger partial charge >= 0.3 is 0 Å². The second-order valence-corrected chi connectivity index (χ2v) is 15.9. The maximum absolute atomic E-state index is 14.6. The molecule has 278 valence electrons. The van der Waals surface area contributed by atoms with Crippen molar-refractivity contribution < 1.29 is 33.6 Å². The molecule has 14 heteroatoms. The third-order valence-corrected chi connectivity index (χ3v) is 10.4. The van der Waals surface area contributed by atoms with Crippen molar-refractivity contribution in [3.8, 4) is 0 Å². The Morgan fingerprint density at radius 3 is 2.37 bits per heavy atom. The Morgan fingerprint density at radius 1 is 1.06 bits per heavy atom. The SMILES string of the molecule is CCC[C@H](NC(=O)[C@@H]1C[C@]2(C=C(c3cccc(Cl)c3)NO2)CN1C(=O)[C@@H](NC(=O)CC1CCN(C(C)=O)CC1)C(C)(C)C)C(=O)C(=O)NC1CC1. The molecule has 4 atom stereocenters. The number of piperidine rings is 1. The topological polar surface area (TPSA) is 166 Å². The number of Topliss-reactive ketones (excluding diaryl/α,β-unsaturated/α-hetero) is 1. The highest BCUT2D eigenvalue weighted by Gasteiger charge is 2.54. The molecule has 13 nitrogen and oxygen atoms in total. The van der Waals surface area contributed by atoms with Crippen molar-refractivity contribution in [1.82, 2.24) is 31.2 Å². The molecule has 3 heterocycles. The average molecular weight is 727 g/mol. The third-order valence-electron chi connectivity index (χ3n) is 10.1. The molecule has 1 aromatic carbocycles. The summed E-state index contributed by atoms with van der Waals surface area (Å²) < 4.78 is 0. The van der Waals surface area contributed by atoms with Gasteiger partial charge < -0.3 is 25.8 Å². The lowest BCUT2D eigenvalue weighted by Gasteiger charge is -2.36. The Morgan fingerprint density at radius 2 is 1.76 bits per heavy atom. The first-order valence-electron chi connectivity index (χ1n) is 18.0. The van der Waals surface area contributed by atoms with Crippen LogP contribution in [0.2, 0.25) is 5.02 Å². The molecule has 51 heavy (non-hydrogen) atoms. The number of likely N-dealkylation sites (tertiary alicyclic amines) is 2. The van der Waals surface area contributed by atoms with E-state index in [1.165, 1.54) is 11.8 Å². The van der Waals surface area contributed by atoms with Crippen LogP contribution in [0.1, 0.15) is 91.5 Å². The maximum Gasteiger partial charge on any atom is 0.289 e. The number of benzene rings is 1. The second-order valence-electron chi connectivity index (χ2n) is 15.5. The summed E-state index contributed by atoms with van der Waals surface area (Å²) in [5.41, 5.74) is 2.48. The predicted octanol–water partition coefficient (Wildman–Crippen LogP) is 2.87. The van der Waals surface area contributed by atoms with E-state index in [4.69, 9.17) is 16.4 Å².